The Balaban J connectivity index is 2.13. The summed E-state index contributed by atoms with van der Waals surface area (Å²) in [5, 5.41) is 23.9. The van der Waals surface area contributed by atoms with Crippen molar-refractivity contribution in [3.63, 3.8) is 0 Å². The van der Waals surface area contributed by atoms with Gasteiger partial charge in [-0.15, -0.1) is 0 Å². The third-order valence-corrected chi connectivity index (χ3v) is 3.32. The minimum absolute atomic E-state index is 0.00397. The second-order valence-electron chi connectivity index (χ2n) is 6.27. The van der Waals surface area contributed by atoms with E-state index in [-0.39, 0.29) is 12.1 Å². The molecule has 2 rings (SSSR count). The summed E-state index contributed by atoms with van der Waals surface area (Å²) in [5.74, 6) is 0. The van der Waals surface area contributed by atoms with E-state index in [2.05, 4.69) is 26.1 Å². The molecule has 3 N–H and O–H groups in total. The molecule has 1 heterocycles. The Morgan fingerprint density at radius 2 is 1.95 bits per heavy atom. The molecule has 0 amide bonds. The quantitative estimate of drug-likeness (QED) is 0.781. The van der Waals surface area contributed by atoms with Crippen LogP contribution in [0.4, 0.5) is 0 Å². The number of hydrogen-bond acceptors (Lipinski definition) is 3. The lowest BCUT2D eigenvalue weighted by molar-refractivity contribution is 0.143. The van der Waals surface area contributed by atoms with Gasteiger partial charge in [0, 0.05) is 41.3 Å². The fourth-order valence-electron chi connectivity index (χ4n) is 2.32. The monoisotopic (exact) mass is 276 g/mol. The van der Waals surface area contributed by atoms with Gasteiger partial charge in [-0.1, -0.05) is 18.2 Å². The number of nitrogens with zero attached hydrogens (tertiary/aromatic N) is 1. The molecule has 0 aliphatic heterocycles. The zero-order valence-corrected chi connectivity index (χ0v) is 12.4. The molecule has 0 aliphatic rings. The van der Waals surface area contributed by atoms with Crippen molar-refractivity contribution in [3.05, 3.63) is 36.0 Å². The molecule has 4 nitrogen and oxygen atoms in total. The number of β-amino-alcohol motifs (C(OH)–C–C–N with tert-alkyl or cyclic N) is 1. The smallest absolute Gasteiger partial charge is 0.0843 e. The van der Waals surface area contributed by atoms with Crippen LogP contribution >= 0.6 is 0 Å². The Bertz CT molecular complexity index is 569. The van der Waals surface area contributed by atoms with Crippen molar-refractivity contribution in [1.29, 1.82) is 0 Å². The summed E-state index contributed by atoms with van der Waals surface area (Å²) < 4.78 is 2.01. The summed E-state index contributed by atoms with van der Waals surface area (Å²) in [6, 6.07) is 7.94. The van der Waals surface area contributed by atoms with E-state index in [1.165, 1.54) is 0 Å². The molecule has 0 saturated heterocycles. The SMILES string of the molecule is CC(C)(C)NC[C@H](O)Cn1cc(CO)c2ccccc21. The average molecular weight is 276 g/mol. The highest BCUT2D eigenvalue weighted by Gasteiger charge is 2.14. The van der Waals surface area contributed by atoms with E-state index in [0.717, 1.165) is 16.5 Å². The number of aromatic nitrogens is 1. The van der Waals surface area contributed by atoms with Gasteiger partial charge in [0.25, 0.3) is 0 Å². The summed E-state index contributed by atoms with van der Waals surface area (Å²) in [4.78, 5) is 0. The van der Waals surface area contributed by atoms with Gasteiger partial charge < -0.3 is 20.1 Å². The molecule has 1 aromatic heterocycles. The lowest BCUT2D eigenvalue weighted by atomic mass is 10.1. The van der Waals surface area contributed by atoms with Crippen LogP contribution in [0.3, 0.4) is 0 Å². The third kappa shape index (κ3) is 3.60. The molecule has 0 unspecified atom stereocenters. The maximum Gasteiger partial charge on any atom is 0.0843 e. The van der Waals surface area contributed by atoms with E-state index < -0.39 is 6.10 Å². The summed E-state index contributed by atoms with van der Waals surface area (Å²) in [6.07, 6.45) is 1.46. The number of aliphatic hydroxyl groups is 2. The number of benzene rings is 1. The molecule has 0 spiro atoms. The average Bonchev–Trinajstić information content (AvgIpc) is 2.74. The van der Waals surface area contributed by atoms with E-state index in [4.69, 9.17) is 0 Å². The van der Waals surface area contributed by atoms with Gasteiger partial charge in [0.15, 0.2) is 0 Å². The lowest BCUT2D eigenvalue weighted by Gasteiger charge is -2.23. The van der Waals surface area contributed by atoms with Crippen molar-refractivity contribution in [2.24, 2.45) is 0 Å². The van der Waals surface area contributed by atoms with E-state index >= 15 is 0 Å². The molecule has 0 fully saturated rings. The van der Waals surface area contributed by atoms with Crippen molar-refractivity contribution < 1.29 is 10.2 Å². The fourth-order valence-corrected chi connectivity index (χ4v) is 2.32. The molecule has 1 atom stereocenters. The van der Waals surface area contributed by atoms with Crippen molar-refractivity contribution in [3.8, 4) is 0 Å². The topological polar surface area (TPSA) is 57.4 Å². The molecule has 0 saturated carbocycles. The van der Waals surface area contributed by atoms with Gasteiger partial charge in [-0.05, 0) is 26.8 Å². The van der Waals surface area contributed by atoms with Gasteiger partial charge in [0.05, 0.1) is 12.7 Å². The molecule has 20 heavy (non-hydrogen) atoms. The van der Waals surface area contributed by atoms with Crippen LogP contribution in [0.5, 0.6) is 0 Å². The number of aliphatic hydroxyl groups excluding tert-OH is 2. The van der Waals surface area contributed by atoms with E-state index in [1.807, 2.05) is 35.0 Å². The van der Waals surface area contributed by atoms with Gasteiger partial charge in [-0.2, -0.15) is 0 Å². The standard InChI is InChI=1S/C16H24N2O2/c1-16(2,3)17-8-13(20)10-18-9-12(11-19)14-6-4-5-7-15(14)18/h4-7,9,13,17,19-20H,8,10-11H2,1-3H3/t13-/m0/s1. The van der Waals surface area contributed by atoms with Gasteiger partial charge in [0.1, 0.15) is 0 Å². The molecule has 4 heteroatoms. The number of rotatable bonds is 5. The molecular formula is C16H24N2O2. The Morgan fingerprint density at radius 1 is 1.25 bits per heavy atom. The molecule has 0 radical (unpaired) electrons. The first-order chi connectivity index (χ1) is 9.40. The van der Waals surface area contributed by atoms with Gasteiger partial charge in [-0.3, -0.25) is 0 Å². The molecular weight excluding hydrogens is 252 g/mol. The first-order valence-electron chi connectivity index (χ1n) is 7.01. The Labute approximate surface area is 120 Å². The van der Waals surface area contributed by atoms with Crippen LogP contribution in [0.1, 0.15) is 26.3 Å². The van der Waals surface area contributed by atoms with Crippen molar-refractivity contribution in [1.82, 2.24) is 9.88 Å². The normalized spacial score (nSPS) is 13.8. The van der Waals surface area contributed by atoms with Crippen LogP contribution < -0.4 is 5.32 Å². The maximum absolute atomic E-state index is 10.2. The number of fused-ring (bicyclic) bond motifs is 1. The van der Waals surface area contributed by atoms with Crippen LogP contribution in [0.2, 0.25) is 0 Å². The van der Waals surface area contributed by atoms with Crippen molar-refractivity contribution >= 4 is 10.9 Å². The van der Waals surface area contributed by atoms with Crippen LogP contribution in [0.25, 0.3) is 10.9 Å². The number of nitrogens with one attached hydrogen (secondary N) is 1. The molecule has 1 aromatic carbocycles. The third-order valence-electron chi connectivity index (χ3n) is 3.32. The van der Waals surface area contributed by atoms with E-state index in [9.17, 15) is 10.2 Å². The minimum Gasteiger partial charge on any atom is -0.392 e. The van der Waals surface area contributed by atoms with E-state index in [1.54, 1.807) is 0 Å². The van der Waals surface area contributed by atoms with Crippen LogP contribution in [0.15, 0.2) is 30.5 Å². The highest BCUT2D eigenvalue weighted by molar-refractivity contribution is 5.83. The van der Waals surface area contributed by atoms with Crippen LogP contribution in [0, 0.1) is 0 Å². The second-order valence-corrected chi connectivity index (χ2v) is 6.27. The zero-order valence-electron chi connectivity index (χ0n) is 12.4. The van der Waals surface area contributed by atoms with Gasteiger partial charge >= 0.3 is 0 Å². The Hall–Kier alpha value is -1.36. The molecule has 0 bridgehead atoms. The Kier molecular flexibility index (Phi) is 4.48. The van der Waals surface area contributed by atoms with E-state index in [0.29, 0.717) is 13.1 Å². The number of hydrogen-bond donors (Lipinski definition) is 3. The minimum atomic E-state index is -0.462. The number of para-hydroxylation sites is 1. The largest absolute Gasteiger partial charge is 0.392 e. The lowest BCUT2D eigenvalue weighted by Crippen LogP contribution is -2.41. The van der Waals surface area contributed by atoms with Gasteiger partial charge in [-0.25, -0.2) is 0 Å². The molecule has 110 valence electrons. The predicted octanol–water partition coefficient (Wildman–Crippen LogP) is 1.88. The first kappa shape index (κ1) is 15.0. The fraction of sp³-hybridized carbons (Fsp3) is 0.500. The van der Waals surface area contributed by atoms with Crippen molar-refractivity contribution in [2.45, 2.75) is 45.6 Å². The Morgan fingerprint density at radius 3 is 2.60 bits per heavy atom. The maximum atomic E-state index is 10.2. The first-order valence-corrected chi connectivity index (χ1v) is 7.01. The highest BCUT2D eigenvalue weighted by Crippen LogP contribution is 2.21. The summed E-state index contributed by atoms with van der Waals surface area (Å²) >= 11 is 0. The van der Waals surface area contributed by atoms with Gasteiger partial charge in [0.2, 0.25) is 0 Å². The van der Waals surface area contributed by atoms with Crippen molar-refractivity contribution in [2.75, 3.05) is 6.54 Å². The summed E-state index contributed by atoms with van der Waals surface area (Å²) in [6.45, 7) is 7.32. The summed E-state index contributed by atoms with van der Waals surface area (Å²) in [7, 11) is 0. The molecule has 2 aromatic rings. The predicted molar refractivity (Wildman–Crippen MR) is 81.6 cm³/mol. The van der Waals surface area contributed by atoms with Crippen LogP contribution in [-0.2, 0) is 13.2 Å². The molecule has 0 aliphatic carbocycles. The zero-order chi connectivity index (χ0) is 14.8. The summed E-state index contributed by atoms with van der Waals surface area (Å²) in [5.41, 5.74) is 1.94. The van der Waals surface area contributed by atoms with Crippen LogP contribution in [-0.4, -0.2) is 33.0 Å². The second kappa shape index (κ2) is 5.95. The highest BCUT2D eigenvalue weighted by atomic mass is 16.3.